The van der Waals surface area contributed by atoms with E-state index in [2.05, 4.69) is 18.2 Å². The molecule has 2 nitrogen and oxygen atoms in total. The van der Waals surface area contributed by atoms with E-state index in [-0.39, 0.29) is 49.5 Å². The van der Waals surface area contributed by atoms with Crippen molar-refractivity contribution in [3.05, 3.63) is 109 Å². The molecule has 0 spiro atoms. The van der Waals surface area contributed by atoms with Crippen molar-refractivity contribution < 1.29 is 0 Å². The summed E-state index contributed by atoms with van der Waals surface area (Å²) in [6, 6.07) is 33.1. The SMILES string of the molecule is [B]c1c([B])c([B])c2c(-c3cc4ccccc4c4ccccc34)c3c([B])c([B])c([B])c([B])c3c(-c3ccc(-n4c(C([B])([B])C([B])([B])[B])nc5ccccc54)cc3)c2c1[B]. The standard InChI is InChI=1S/C43H17B13N2/c44-33-29-27(18-13-15-20(16-14-18)58-26-12-6-5-11-25(26)57-41(58)42(52,53)43(54,55)56)30-32(36(47)40(51)38(49)34(30)45)28(31(29)35(46)39(50)37(33)48)24-17-19-7-1-2-8-21(19)22-9-3-4-10-23(22)24/h1-17H. The second kappa shape index (κ2) is 13.6. The molecule has 15 heteroatoms. The van der Waals surface area contributed by atoms with Gasteiger partial charge < -0.3 is 0 Å². The summed E-state index contributed by atoms with van der Waals surface area (Å²) in [6.45, 7) is 0. The van der Waals surface area contributed by atoms with E-state index in [1.165, 1.54) is 0 Å². The van der Waals surface area contributed by atoms with Gasteiger partial charge in [0.15, 0.2) is 0 Å². The number of nitrogens with zero attached hydrogens (tertiary/aromatic N) is 2. The van der Waals surface area contributed by atoms with Gasteiger partial charge in [-0.15, -0.1) is 27.0 Å². The third kappa shape index (κ3) is 5.48. The average molecular weight is 702 g/mol. The Morgan fingerprint density at radius 2 is 0.914 bits per heavy atom. The van der Waals surface area contributed by atoms with Gasteiger partial charge in [-0.1, -0.05) is 99.9 Å². The van der Waals surface area contributed by atoms with E-state index in [1.807, 2.05) is 84.9 Å². The van der Waals surface area contributed by atoms with E-state index in [0.29, 0.717) is 55.0 Å². The predicted octanol–water partition coefficient (Wildman–Crippen LogP) is -0.608. The number of hydrogen-bond donors (Lipinski definition) is 0. The number of hydrogen-bond acceptors (Lipinski definition) is 1. The molecule has 1 aromatic heterocycles. The Balaban J connectivity index is 1.44. The van der Waals surface area contributed by atoms with Gasteiger partial charge in [0.2, 0.25) is 0 Å². The summed E-state index contributed by atoms with van der Waals surface area (Å²) in [5.74, 6) is 0.136. The molecule has 0 aliphatic rings. The normalized spacial score (nSPS) is 12.3. The lowest BCUT2D eigenvalue weighted by molar-refractivity contribution is 0.757. The van der Waals surface area contributed by atoms with Crippen molar-refractivity contribution in [2.45, 2.75) is 10.3 Å². The number of benzene rings is 8. The zero-order valence-electron chi connectivity index (χ0n) is 31.2. The Bertz CT molecular complexity index is 3140. The number of aromatic nitrogens is 2. The van der Waals surface area contributed by atoms with Crippen LogP contribution in [0.1, 0.15) is 5.82 Å². The average Bonchev–Trinajstić information content (AvgIpc) is 3.62. The minimum absolute atomic E-state index is 0.108. The molecular weight excluding hydrogens is 685 g/mol. The Morgan fingerprint density at radius 3 is 1.47 bits per heavy atom. The summed E-state index contributed by atoms with van der Waals surface area (Å²) in [5.41, 5.74) is 5.70. The maximum Gasteiger partial charge on any atom is 0.113 e. The summed E-state index contributed by atoms with van der Waals surface area (Å²) in [7, 11) is 86.2. The van der Waals surface area contributed by atoms with Crippen LogP contribution in [0, 0.1) is 0 Å². The lowest BCUT2D eigenvalue weighted by atomic mass is 9.23. The van der Waals surface area contributed by atoms with Crippen LogP contribution in [-0.4, -0.2) is 112 Å². The zero-order chi connectivity index (χ0) is 41.2. The van der Waals surface area contributed by atoms with Crippen LogP contribution < -0.4 is 43.7 Å². The minimum atomic E-state index is -2.04. The highest BCUT2D eigenvalue weighted by atomic mass is 15.1. The molecule has 0 atom stereocenters. The Kier molecular flexibility index (Phi) is 9.05. The van der Waals surface area contributed by atoms with Crippen LogP contribution in [0.4, 0.5) is 0 Å². The molecular formula is C43H17B13N2. The fourth-order valence-electron chi connectivity index (χ4n) is 8.30. The quantitative estimate of drug-likeness (QED) is 0.133. The maximum absolute atomic E-state index is 7.06. The van der Waals surface area contributed by atoms with E-state index in [4.69, 9.17) is 107 Å². The number of para-hydroxylation sites is 2. The monoisotopic (exact) mass is 704 g/mol. The molecule has 8 aromatic carbocycles. The van der Waals surface area contributed by atoms with Gasteiger partial charge in [-0.25, -0.2) is 4.98 Å². The lowest BCUT2D eigenvalue weighted by Crippen LogP contribution is -2.50. The van der Waals surface area contributed by atoms with Crippen LogP contribution in [0.3, 0.4) is 0 Å². The van der Waals surface area contributed by atoms with E-state index < -0.39 is 10.3 Å². The van der Waals surface area contributed by atoms with Gasteiger partial charge in [0, 0.05) is 5.69 Å². The zero-order valence-corrected chi connectivity index (χ0v) is 31.2. The molecule has 1 heterocycles. The molecule has 0 fully saturated rings. The molecule has 0 N–H and O–H groups in total. The van der Waals surface area contributed by atoms with E-state index >= 15 is 0 Å². The van der Waals surface area contributed by atoms with Crippen LogP contribution in [0.15, 0.2) is 103 Å². The van der Waals surface area contributed by atoms with Gasteiger partial charge >= 0.3 is 0 Å². The summed E-state index contributed by atoms with van der Waals surface area (Å²) < 4.78 is 1.75. The summed E-state index contributed by atoms with van der Waals surface area (Å²) in [5, 5.41) is 1.94. The van der Waals surface area contributed by atoms with E-state index in [0.717, 1.165) is 27.1 Å². The van der Waals surface area contributed by atoms with Crippen molar-refractivity contribution in [2.24, 2.45) is 0 Å². The first-order chi connectivity index (χ1) is 27.5. The number of fused-ring (bicyclic) bond motifs is 6. The van der Waals surface area contributed by atoms with Crippen molar-refractivity contribution in [2.75, 3.05) is 0 Å². The number of rotatable bonds is 5. The van der Waals surface area contributed by atoms with E-state index in [9.17, 15) is 0 Å². The molecule has 0 amide bonds. The highest BCUT2D eigenvalue weighted by Gasteiger charge is 2.37. The van der Waals surface area contributed by atoms with Gasteiger partial charge in [0.1, 0.15) is 68.6 Å². The molecule has 0 saturated carbocycles. The first-order valence-electron chi connectivity index (χ1n) is 18.3. The second-order valence-corrected chi connectivity index (χ2v) is 14.9. The van der Waals surface area contributed by atoms with Gasteiger partial charge in [-0.2, -0.15) is 0 Å². The van der Waals surface area contributed by atoms with Gasteiger partial charge in [0.25, 0.3) is 0 Å². The molecule has 9 aromatic rings. The van der Waals surface area contributed by atoms with Crippen molar-refractivity contribution >= 4 is 200 Å². The molecule has 58 heavy (non-hydrogen) atoms. The van der Waals surface area contributed by atoms with Crippen LogP contribution in [0.2, 0.25) is 5.11 Å². The lowest BCUT2D eigenvalue weighted by Gasteiger charge is -2.41. The van der Waals surface area contributed by atoms with Crippen molar-refractivity contribution in [1.29, 1.82) is 0 Å². The Labute approximate surface area is 354 Å². The third-order valence-corrected chi connectivity index (χ3v) is 11.4. The van der Waals surface area contributed by atoms with Crippen molar-refractivity contribution in [3.63, 3.8) is 0 Å². The molecule has 26 radical (unpaired) electrons. The molecule has 0 saturated heterocycles. The third-order valence-electron chi connectivity index (χ3n) is 11.4. The summed E-state index contributed by atoms with van der Waals surface area (Å²) >= 11 is 0. The fraction of sp³-hybridized carbons (Fsp3) is 0.0465. The van der Waals surface area contributed by atoms with Crippen LogP contribution in [0.25, 0.3) is 82.1 Å². The molecule has 0 aliphatic heterocycles. The second-order valence-electron chi connectivity index (χ2n) is 14.9. The molecule has 238 valence electrons. The maximum atomic E-state index is 7.06. The smallest absolute Gasteiger partial charge is 0.113 e. The van der Waals surface area contributed by atoms with Gasteiger partial charge in [-0.05, 0) is 95.7 Å². The molecule has 0 bridgehead atoms. The Hall–Kier alpha value is -4.89. The van der Waals surface area contributed by atoms with E-state index in [1.54, 1.807) is 4.57 Å². The Morgan fingerprint density at radius 1 is 0.448 bits per heavy atom. The highest BCUT2D eigenvalue weighted by molar-refractivity contribution is 6.71. The largest absolute Gasteiger partial charge is 0.297 e. The minimum Gasteiger partial charge on any atom is -0.297 e. The van der Waals surface area contributed by atoms with Crippen LogP contribution in [0.5, 0.6) is 0 Å². The van der Waals surface area contributed by atoms with Crippen molar-refractivity contribution in [3.8, 4) is 27.9 Å². The van der Waals surface area contributed by atoms with Gasteiger partial charge in [-0.3, -0.25) is 4.57 Å². The van der Waals surface area contributed by atoms with Crippen molar-refractivity contribution in [1.82, 2.24) is 9.55 Å². The first-order valence-corrected chi connectivity index (χ1v) is 18.3. The predicted molar refractivity (Wildman–Crippen MR) is 258 cm³/mol. The summed E-state index contributed by atoms with van der Waals surface area (Å²) in [6.07, 6.45) is 0. The highest BCUT2D eigenvalue weighted by Crippen LogP contribution is 2.45. The molecule has 9 rings (SSSR count). The van der Waals surface area contributed by atoms with Gasteiger partial charge in [0.05, 0.1) is 50.3 Å². The number of imidazole rings is 1. The van der Waals surface area contributed by atoms with Crippen LogP contribution in [-0.2, 0) is 5.21 Å². The fourth-order valence-corrected chi connectivity index (χ4v) is 8.30. The topological polar surface area (TPSA) is 17.8 Å². The molecule has 0 aliphatic carbocycles. The van der Waals surface area contributed by atoms with Crippen LogP contribution >= 0.6 is 0 Å². The first kappa shape index (κ1) is 38.6. The summed E-state index contributed by atoms with van der Waals surface area (Å²) in [4.78, 5) is 4.71. The molecule has 0 unspecified atom stereocenters.